The van der Waals surface area contributed by atoms with Crippen molar-refractivity contribution in [3.05, 3.63) is 35.9 Å². The van der Waals surface area contributed by atoms with Crippen molar-refractivity contribution >= 4 is 12.1 Å². The molecular formula is C10H9NO. The van der Waals surface area contributed by atoms with Gasteiger partial charge in [-0.1, -0.05) is 30.3 Å². The molecule has 1 aliphatic heterocycles. The molecule has 12 heavy (non-hydrogen) atoms. The fourth-order valence-electron chi connectivity index (χ4n) is 1.40. The Balaban J connectivity index is 2.27. The van der Waals surface area contributed by atoms with Crippen LogP contribution in [0.25, 0.3) is 0 Å². The number of aliphatic imine (C=N–C) groups is 1. The maximum atomic E-state index is 11.2. The van der Waals surface area contributed by atoms with Crippen LogP contribution >= 0.6 is 0 Å². The summed E-state index contributed by atoms with van der Waals surface area (Å²) in [5, 5.41) is 0. The number of nitrogens with zero attached hydrogens (tertiary/aromatic N) is 1. The second-order valence-electron chi connectivity index (χ2n) is 2.85. The first-order valence-corrected chi connectivity index (χ1v) is 3.99. The molecule has 2 nitrogen and oxygen atoms in total. The number of benzene rings is 1. The normalized spacial score (nSPS) is 21.7. The van der Waals surface area contributed by atoms with Crippen LogP contribution in [0.2, 0.25) is 0 Å². The van der Waals surface area contributed by atoms with Crippen LogP contribution in [-0.2, 0) is 4.79 Å². The van der Waals surface area contributed by atoms with Crippen LogP contribution in [0.1, 0.15) is 17.9 Å². The predicted molar refractivity (Wildman–Crippen MR) is 47.3 cm³/mol. The van der Waals surface area contributed by atoms with Crippen molar-refractivity contribution < 1.29 is 4.79 Å². The van der Waals surface area contributed by atoms with Crippen molar-refractivity contribution in [1.29, 1.82) is 0 Å². The number of hydrogen-bond acceptors (Lipinski definition) is 1. The van der Waals surface area contributed by atoms with E-state index in [9.17, 15) is 4.79 Å². The van der Waals surface area contributed by atoms with Crippen LogP contribution in [0.5, 0.6) is 0 Å². The Hall–Kier alpha value is -1.44. The second kappa shape index (κ2) is 2.89. The summed E-state index contributed by atoms with van der Waals surface area (Å²) < 4.78 is 0. The van der Waals surface area contributed by atoms with E-state index in [0.717, 1.165) is 12.0 Å². The third-order valence-electron chi connectivity index (χ3n) is 2.06. The van der Waals surface area contributed by atoms with Crippen molar-refractivity contribution in [2.75, 3.05) is 0 Å². The van der Waals surface area contributed by atoms with Gasteiger partial charge in [-0.3, -0.25) is 4.79 Å². The molecule has 0 aliphatic carbocycles. The summed E-state index contributed by atoms with van der Waals surface area (Å²) in [5.41, 5.74) is 1.07. The Kier molecular flexibility index (Phi) is 1.74. The van der Waals surface area contributed by atoms with Crippen LogP contribution in [-0.4, -0.2) is 12.1 Å². The van der Waals surface area contributed by atoms with Crippen LogP contribution in [0.15, 0.2) is 35.3 Å². The van der Waals surface area contributed by atoms with Crippen molar-refractivity contribution in [2.45, 2.75) is 12.3 Å². The number of carbonyl (C=O) groups is 1. The fourth-order valence-corrected chi connectivity index (χ4v) is 1.40. The number of carbonyl (C=O) groups excluding carboxylic acids is 1. The fraction of sp³-hybridized carbons (Fsp3) is 0.200. The zero-order valence-corrected chi connectivity index (χ0v) is 6.60. The van der Waals surface area contributed by atoms with Crippen LogP contribution < -0.4 is 0 Å². The summed E-state index contributed by atoms with van der Waals surface area (Å²) in [6.07, 6.45) is 2.45. The van der Waals surface area contributed by atoms with Gasteiger partial charge in [-0.05, 0) is 12.0 Å². The van der Waals surface area contributed by atoms with Gasteiger partial charge in [0.15, 0.2) is 0 Å². The SMILES string of the molecule is O=C1N=CCC1c1ccccc1. The summed E-state index contributed by atoms with van der Waals surface area (Å²) in [6, 6.07) is 9.78. The van der Waals surface area contributed by atoms with Gasteiger partial charge in [-0.2, -0.15) is 0 Å². The monoisotopic (exact) mass is 159 g/mol. The largest absolute Gasteiger partial charge is 0.272 e. The minimum absolute atomic E-state index is 0.0128. The minimum Gasteiger partial charge on any atom is -0.272 e. The summed E-state index contributed by atoms with van der Waals surface area (Å²) in [5.74, 6) is -0.0348. The van der Waals surface area contributed by atoms with E-state index < -0.39 is 0 Å². The van der Waals surface area contributed by atoms with E-state index in [1.165, 1.54) is 0 Å². The lowest BCUT2D eigenvalue weighted by molar-refractivity contribution is -0.118. The van der Waals surface area contributed by atoms with E-state index in [0.29, 0.717) is 0 Å². The third-order valence-corrected chi connectivity index (χ3v) is 2.06. The van der Waals surface area contributed by atoms with Crippen molar-refractivity contribution in [3.8, 4) is 0 Å². The molecule has 0 N–H and O–H groups in total. The van der Waals surface area contributed by atoms with E-state index in [2.05, 4.69) is 4.99 Å². The lowest BCUT2D eigenvalue weighted by Gasteiger charge is -2.04. The van der Waals surface area contributed by atoms with Crippen molar-refractivity contribution in [1.82, 2.24) is 0 Å². The third kappa shape index (κ3) is 1.16. The maximum Gasteiger partial charge on any atom is 0.253 e. The van der Waals surface area contributed by atoms with E-state index in [4.69, 9.17) is 0 Å². The average Bonchev–Trinajstić information content (AvgIpc) is 2.53. The Bertz CT molecular complexity index is 316. The highest BCUT2D eigenvalue weighted by Crippen LogP contribution is 2.23. The molecule has 1 unspecified atom stereocenters. The van der Waals surface area contributed by atoms with Crippen molar-refractivity contribution in [3.63, 3.8) is 0 Å². The molecule has 1 aliphatic rings. The first kappa shape index (κ1) is 7.22. The first-order chi connectivity index (χ1) is 5.88. The summed E-state index contributed by atoms with van der Waals surface area (Å²) in [6.45, 7) is 0. The summed E-state index contributed by atoms with van der Waals surface area (Å²) in [4.78, 5) is 14.9. The van der Waals surface area contributed by atoms with E-state index in [1.54, 1.807) is 6.21 Å². The molecule has 0 spiro atoms. The Morgan fingerprint density at radius 2 is 2.00 bits per heavy atom. The molecule has 1 amide bonds. The van der Waals surface area contributed by atoms with Gasteiger partial charge in [0.25, 0.3) is 5.91 Å². The topological polar surface area (TPSA) is 29.4 Å². The molecule has 60 valence electrons. The Morgan fingerprint density at radius 3 is 2.58 bits per heavy atom. The molecule has 1 heterocycles. The summed E-state index contributed by atoms with van der Waals surface area (Å²) >= 11 is 0. The number of hydrogen-bond donors (Lipinski definition) is 0. The highest BCUT2D eigenvalue weighted by molar-refractivity contribution is 5.97. The second-order valence-corrected chi connectivity index (χ2v) is 2.85. The molecular weight excluding hydrogens is 150 g/mol. The quantitative estimate of drug-likeness (QED) is 0.614. The Labute approximate surface area is 70.9 Å². The van der Waals surface area contributed by atoms with E-state index in [1.807, 2.05) is 30.3 Å². The highest BCUT2D eigenvalue weighted by Gasteiger charge is 2.22. The molecule has 1 atom stereocenters. The first-order valence-electron chi connectivity index (χ1n) is 3.99. The molecule has 0 bridgehead atoms. The lowest BCUT2D eigenvalue weighted by atomic mass is 9.98. The predicted octanol–water partition coefficient (Wildman–Crippen LogP) is 1.77. The molecule has 0 saturated heterocycles. The molecule has 0 aromatic heterocycles. The van der Waals surface area contributed by atoms with Gasteiger partial charge in [0.1, 0.15) is 0 Å². The molecule has 0 fully saturated rings. The standard InChI is InChI=1S/C10H9NO/c12-10-9(6-7-11-10)8-4-2-1-3-5-8/h1-5,7,9H,6H2. The van der Waals surface area contributed by atoms with Gasteiger partial charge in [-0.25, -0.2) is 4.99 Å². The molecule has 1 aromatic carbocycles. The minimum atomic E-state index is -0.0220. The van der Waals surface area contributed by atoms with Crippen molar-refractivity contribution in [2.24, 2.45) is 4.99 Å². The highest BCUT2D eigenvalue weighted by atomic mass is 16.1. The van der Waals surface area contributed by atoms with Crippen LogP contribution in [0, 0.1) is 0 Å². The Morgan fingerprint density at radius 1 is 1.25 bits per heavy atom. The number of amides is 1. The van der Waals surface area contributed by atoms with Gasteiger partial charge in [0.2, 0.25) is 0 Å². The molecule has 2 heteroatoms. The van der Waals surface area contributed by atoms with Gasteiger partial charge in [-0.15, -0.1) is 0 Å². The van der Waals surface area contributed by atoms with Gasteiger partial charge < -0.3 is 0 Å². The number of rotatable bonds is 1. The van der Waals surface area contributed by atoms with Gasteiger partial charge in [0.05, 0.1) is 5.92 Å². The van der Waals surface area contributed by atoms with Crippen LogP contribution in [0.4, 0.5) is 0 Å². The smallest absolute Gasteiger partial charge is 0.253 e. The van der Waals surface area contributed by atoms with E-state index in [-0.39, 0.29) is 11.8 Å². The zero-order chi connectivity index (χ0) is 8.39. The molecule has 1 aromatic rings. The molecule has 0 saturated carbocycles. The molecule has 2 rings (SSSR count). The van der Waals surface area contributed by atoms with E-state index >= 15 is 0 Å². The average molecular weight is 159 g/mol. The van der Waals surface area contributed by atoms with Crippen LogP contribution in [0.3, 0.4) is 0 Å². The lowest BCUT2D eigenvalue weighted by Crippen LogP contribution is -2.03. The summed E-state index contributed by atoms with van der Waals surface area (Å²) in [7, 11) is 0. The maximum absolute atomic E-state index is 11.2. The van der Waals surface area contributed by atoms with Gasteiger partial charge in [0, 0.05) is 6.21 Å². The van der Waals surface area contributed by atoms with Gasteiger partial charge >= 0.3 is 0 Å². The zero-order valence-electron chi connectivity index (χ0n) is 6.60. The molecule has 0 radical (unpaired) electrons.